The quantitative estimate of drug-likeness (QED) is 0.835. The highest BCUT2D eigenvalue weighted by Crippen LogP contribution is 2.37. The highest BCUT2D eigenvalue weighted by molar-refractivity contribution is 5.24. The Labute approximate surface area is 97.7 Å². The van der Waals surface area contributed by atoms with Gasteiger partial charge in [0.25, 0.3) is 0 Å². The molecule has 88 valence electrons. The van der Waals surface area contributed by atoms with Crippen molar-refractivity contribution in [2.45, 2.75) is 24.7 Å². The molecule has 0 saturated carbocycles. The third kappa shape index (κ3) is 2.25. The van der Waals surface area contributed by atoms with Crippen LogP contribution >= 0.6 is 0 Å². The maximum atomic E-state index is 5.79. The molecule has 0 spiro atoms. The number of aromatic nitrogens is 1. The molecule has 1 fully saturated rings. The van der Waals surface area contributed by atoms with Crippen molar-refractivity contribution in [1.29, 1.82) is 0 Å². The third-order valence-corrected chi connectivity index (χ3v) is 3.86. The molecule has 0 bridgehead atoms. The smallest absolute Gasteiger partial charge is 0.0270 e. The molecule has 0 aliphatic carbocycles. The van der Waals surface area contributed by atoms with E-state index >= 15 is 0 Å². The van der Waals surface area contributed by atoms with Gasteiger partial charge in [0, 0.05) is 12.4 Å². The molecule has 0 amide bonds. The number of nitrogens with two attached hydrogens (primary N) is 1. The summed E-state index contributed by atoms with van der Waals surface area (Å²) in [5, 5.41) is 0. The van der Waals surface area contributed by atoms with E-state index in [1.807, 2.05) is 12.4 Å². The Morgan fingerprint density at radius 2 is 1.94 bits per heavy atom. The van der Waals surface area contributed by atoms with E-state index in [-0.39, 0.29) is 0 Å². The highest BCUT2D eigenvalue weighted by Gasteiger charge is 2.34. The van der Waals surface area contributed by atoms with E-state index in [2.05, 4.69) is 29.1 Å². The van der Waals surface area contributed by atoms with Crippen LogP contribution in [0.25, 0.3) is 0 Å². The first kappa shape index (κ1) is 11.6. The maximum absolute atomic E-state index is 5.79. The molecule has 1 aromatic heterocycles. The monoisotopic (exact) mass is 219 g/mol. The van der Waals surface area contributed by atoms with Gasteiger partial charge >= 0.3 is 0 Å². The Morgan fingerprint density at radius 3 is 2.50 bits per heavy atom. The van der Waals surface area contributed by atoms with E-state index in [1.54, 1.807) is 0 Å². The van der Waals surface area contributed by atoms with Crippen molar-refractivity contribution in [1.82, 2.24) is 9.88 Å². The zero-order chi connectivity index (χ0) is 11.4. The SMILES string of the molecule is CN1CCC(CCN)(c2ccncc2)CC1. The van der Waals surface area contributed by atoms with Gasteiger partial charge in [0.05, 0.1) is 0 Å². The summed E-state index contributed by atoms with van der Waals surface area (Å²) in [5.74, 6) is 0. The van der Waals surface area contributed by atoms with Gasteiger partial charge in [-0.25, -0.2) is 0 Å². The lowest BCUT2D eigenvalue weighted by Crippen LogP contribution is -2.42. The average Bonchev–Trinajstić information content (AvgIpc) is 2.34. The second-order valence-corrected chi connectivity index (χ2v) is 4.86. The summed E-state index contributed by atoms with van der Waals surface area (Å²) in [5.41, 5.74) is 7.50. The maximum Gasteiger partial charge on any atom is 0.0270 e. The molecule has 2 N–H and O–H groups in total. The summed E-state index contributed by atoms with van der Waals surface area (Å²) in [6.07, 6.45) is 7.30. The van der Waals surface area contributed by atoms with Crippen molar-refractivity contribution in [3.8, 4) is 0 Å². The normalized spacial score (nSPS) is 20.9. The second kappa shape index (κ2) is 4.93. The Bertz CT molecular complexity index is 315. The summed E-state index contributed by atoms with van der Waals surface area (Å²) >= 11 is 0. The first-order valence-electron chi connectivity index (χ1n) is 6.06. The fourth-order valence-corrected chi connectivity index (χ4v) is 2.71. The standard InChI is InChI=1S/C13H21N3/c1-16-10-5-13(4-7-14,6-11-16)12-2-8-15-9-3-12/h2-3,8-9H,4-7,10-11,14H2,1H3. The number of rotatable bonds is 3. The Morgan fingerprint density at radius 1 is 1.31 bits per heavy atom. The highest BCUT2D eigenvalue weighted by atomic mass is 15.1. The minimum absolute atomic E-state index is 0.296. The molecule has 1 aliphatic heterocycles. The molecule has 2 rings (SSSR count). The second-order valence-electron chi connectivity index (χ2n) is 4.86. The van der Waals surface area contributed by atoms with Crippen molar-refractivity contribution in [3.05, 3.63) is 30.1 Å². The number of nitrogens with zero attached hydrogens (tertiary/aromatic N) is 2. The van der Waals surface area contributed by atoms with Crippen LogP contribution in [0, 0.1) is 0 Å². The van der Waals surface area contributed by atoms with Gasteiger partial charge in [0.15, 0.2) is 0 Å². The molecule has 0 unspecified atom stereocenters. The largest absolute Gasteiger partial charge is 0.330 e. The molecule has 3 nitrogen and oxygen atoms in total. The lowest BCUT2D eigenvalue weighted by molar-refractivity contribution is 0.180. The molecule has 1 saturated heterocycles. The van der Waals surface area contributed by atoms with Gasteiger partial charge in [-0.3, -0.25) is 4.98 Å². The Hall–Kier alpha value is -0.930. The van der Waals surface area contributed by atoms with E-state index in [4.69, 9.17) is 5.73 Å². The molecule has 16 heavy (non-hydrogen) atoms. The lowest BCUT2D eigenvalue weighted by atomic mass is 9.71. The van der Waals surface area contributed by atoms with Gasteiger partial charge in [-0.2, -0.15) is 0 Å². The van der Waals surface area contributed by atoms with E-state index in [0.717, 1.165) is 13.0 Å². The van der Waals surface area contributed by atoms with Gasteiger partial charge in [-0.1, -0.05) is 0 Å². The molecule has 0 aromatic carbocycles. The van der Waals surface area contributed by atoms with Crippen LogP contribution < -0.4 is 5.73 Å². The number of likely N-dealkylation sites (tertiary alicyclic amines) is 1. The predicted octanol–water partition coefficient (Wildman–Crippen LogP) is 1.39. The van der Waals surface area contributed by atoms with Crippen LogP contribution in [0.15, 0.2) is 24.5 Å². The van der Waals surface area contributed by atoms with Crippen LogP contribution in [0.1, 0.15) is 24.8 Å². The van der Waals surface area contributed by atoms with Gasteiger partial charge in [0.2, 0.25) is 0 Å². The minimum Gasteiger partial charge on any atom is -0.330 e. The predicted molar refractivity (Wildman–Crippen MR) is 66.3 cm³/mol. The zero-order valence-corrected chi connectivity index (χ0v) is 10.0. The van der Waals surface area contributed by atoms with E-state index in [9.17, 15) is 0 Å². The topological polar surface area (TPSA) is 42.1 Å². The number of pyridine rings is 1. The lowest BCUT2D eigenvalue weighted by Gasteiger charge is -2.41. The van der Waals surface area contributed by atoms with Gasteiger partial charge in [0.1, 0.15) is 0 Å². The van der Waals surface area contributed by atoms with Crippen LogP contribution in [-0.2, 0) is 5.41 Å². The Kier molecular flexibility index (Phi) is 3.56. The molecule has 1 aromatic rings. The molecule has 1 aliphatic rings. The molecular formula is C13H21N3. The van der Waals surface area contributed by atoms with Gasteiger partial charge in [-0.15, -0.1) is 0 Å². The summed E-state index contributed by atoms with van der Waals surface area (Å²) in [4.78, 5) is 6.50. The van der Waals surface area contributed by atoms with Crippen LogP contribution in [0.3, 0.4) is 0 Å². The van der Waals surface area contributed by atoms with Crippen molar-refractivity contribution in [2.24, 2.45) is 5.73 Å². The van der Waals surface area contributed by atoms with Crippen LogP contribution in [0.4, 0.5) is 0 Å². The minimum atomic E-state index is 0.296. The fraction of sp³-hybridized carbons (Fsp3) is 0.615. The number of hydrogen-bond acceptors (Lipinski definition) is 3. The summed E-state index contributed by atoms with van der Waals surface area (Å²) in [6.45, 7) is 3.11. The van der Waals surface area contributed by atoms with E-state index in [0.29, 0.717) is 5.41 Å². The summed E-state index contributed by atoms with van der Waals surface area (Å²) < 4.78 is 0. The Balaban J connectivity index is 2.22. The van der Waals surface area contributed by atoms with Crippen molar-refractivity contribution < 1.29 is 0 Å². The molecule has 0 atom stereocenters. The van der Waals surface area contributed by atoms with E-state index < -0.39 is 0 Å². The average molecular weight is 219 g/mol. The number of hydrogen-bond donors (Lipinski definition) is 1. The molecular weight excluding hydrogens is 198 g/mol. The van der Waals surface area contributed by atoms with Gasteiger partial charge < -0.3 is 10.6 Å². The van der Waals surface area contributed by atoms with Gasteiger partial charge in [-0.05, 0) is 69.1 Å². The summed E-state index contributed by atoms with van der Waals surface area (Å²) in [6, 6.07) is 4.31. The van der Waals surface area contributed by atoms with Crippen LogP contribution in [-0.4, -0.2) is 36.6 Å². The summed E-state index contributed by atoms with van der Waals surface area (Å²) in [7, 11) is 2.19. The fourth-order valence-electron chi connectivity index (χ4n) is 2.71. The molecule has 2 heterocycles. The molecule has 0 radical (unpaired) electrons. The molecule has 3 heteroatoms. The van der Waals surface area contributed by atoms with E-state index in [1.165, 1.54) is 31.5 Å². The zero-order valence-electron chi connectivity index (χ0n) is 10.0. The van der Waals surface area contributed by atoms with Crippen molar-refractivity contribution in [3.63, 3.8) is 0 Å². The number of piperidine rings is 1. The first-order chi connectivity index (χ1) is 7.77. The third-order valence-electron chi connectivity index (χ3n) is 3.86. The van der Waals surface area contributed by atoms with Crippen molar-refractivity contribution in [2.75, 3.05) is 26.7 Å². The van der Waals surface area contributed by atoms with Crippen LogP contribution in [0.2, 0.25) is 0 Å². The van der Waals surface area contributed by atoms with Crippen LogP contribution in [0.5, 0.6) is 0 Å². The van der Waals surface area contributed by atoms with Crippen molar-refractivity contribution >= 4 is 0 Å². The first-order valence-corrected chi connectivity index (χ1v) is 6.06.